The van der Waals surface area contributed by atoms with E-state index in [1.165, 1.54) is 0 Å². The molecule has 5 heteroatoms. The predicted molar refractivity (Wildman–Crippen MR) is 74.6 cm³/mol. The van der Waals surface area contributed by atoms with Crippen LogP contribution in [0.1, 0.15) is 25.7 Å². The molecule has 0 bridgehead atoms. The lowest BCUT2D eigenvalue weighted by Crippen LogP contribution is -2.35. The fraction of sp³-hybridized carbons (Fsp3) is 0.429. The van der Waals surface area contributed by atoms with Gasteiger partial charge in [0.25, 0.3) is 0 Å². The van der Waals surface area contributed by atoms with Crippen molar-refractivity contribution >= 4 is 22.5 Å². The van der Waals surface area contributed by atoms with Crippen LogP contribution in [-0.4, -0.2) is 28.8 Å². The zero-order valence-corrected chi connectivity index (χ0v) is 10.9. The number of H-pyrrole nitrogens is 2. The van der Waals surface area contributed by atoms with Crippen molar-refractivity contribution in [1.82, 2.24) is 9.97 Å². The zero-order valence-electron chi connectivity index (χ0n) is 10.9. The minimum absolute atomic E-state index is 0.182. The normalized spacial score (nSPS) is 17.0. The minimum Gasteiger partial charge on any atom is -0.372 e. The second-order valence-electron chi connectivity index (χ2n) is 5.19. The average molecular weight is 259 g/mol. The maximum Gasteiger partial charge on any atom is 0.323 e. The van der Waals surface area contributed by atoms with Gasteiger partial charge in [0.15, 0.2) is 0 Å². The van der Waals surface area contributed by atoms with E-state index in [1.807, 2.05) is 25.2 Å². The van der Waals surface area contributed by atoms with Gasteiger partial charge < -0.3 is 14.9 Å². The van der Waals surface area contributed by atoms with Crippen LogP contribution in [0.25, 0.3) is 11.0 Å². The molecule has 1 saturated carbocycles. The highest BCUT2D eigenvalue weighted by Gasteiger charge is 2.22. The Morgan fingerprint density at radius 2 is 1.79 bits per heavy atom. The van der Waals surface area contributed by atoms with Crippen LogP contribution < -0.4 is 10.6 Å². The number of nitrogens with one attached hydrogen (secondary N) is 2. The monoisotopic (exact) mass is 259 g/mol. The van der Waals surface area contributed by atoms with Gasteiger partial charge in [-0.25, -0.2) is 4.79 Å². The number of aromatic amines is 2. The van der Waals surface area contributed by atoms with Crippen molar-refractivity contribution in [2.24, 2.45) is 0 Å². The molecule has 0 saturated heterocycles. The first kappa shape index (κ1) is 12.0. The quantitative estimate of drug-likeness (QED) is 0.864. The summed E-state index contributed by atoms with van der Waals surface area (Å²) in [6.45, 7) is 0. The van der Waals surface area contributed by atoms with Crippen molar-refractivity contribution in [3.05, 3.63) is 28.7 Å². The number of hydrogen-bond donors (Lipinski definition) is 2. The molecule has 1 fully saturated rings. The predicted octanol–water partition coefficient (Wildman–Crippen LogP) is 1.80. The molecular formula is C14H17N3O2. The van der Waals surface area contributed by atoms with E-state index in [2.05, 4.69) is 14.9 Å². The molecule has 0 spiro atoms. The van der Waals surface area contributed by atoms with Crippen LogP contribution in [-0.2, 0) is 4.79 Å². The molecule has 19 heavy (non-hydrogen) atoms. The fourth-order valence-corrected chi connectivity index (χ4v) is 2.76. The van der Waals surface area contributed by atoms with E-state index in [-0.39, 0.29) is 5.69 Å². The molecule has 0 atom stereocenters. The minimum atomic E-state index is -0.182. The SMILES string of the molecule is CN(c1ccc2[nH]c(=O)[nH]c2c1)C1CCC(=O)CC1. The van der Waals surface area contributed by atoms with Crippen molar-refractivity contribution < 1.29 is 4.79 Å². The van der Waals surface area contributed by atoms with E-state index in [1.54, 1.807) is 0 Å². The molecule has 100 valence electrons. The van der Waals surface area contributed by atoms with Crippen LogP contribution >= 0.6 is 0 Å². The smallest absolute Gasteiger partial charge is 0.323 e. The van der Waals surface area contributed by atoms with Gasteiger partial charge in [-0.1, -0.05) is 0 Å². The van der Waals surface area contributed by atoms with Crippen molar-refractivity contribution in [3.63, 3.8) is 0 Å². The van der Waals surface area contributed by atoms with Gasteiger partial charge in [0.05, 0.1) is 11.0 Å². The molecule has 1 heterocycles. The number of ketones is 1. The first-order valence-corrected chi connectivity index (χ1v) is 6.60. The van der Waals surface area contributed by atoms with Gasteiger partial charge >= 0.3 is 5.69 Å². The largest absolute Gasteiger partial charge is 0.372 e. The lowest BCUT2D eigenvalue weighted by molar-refractivity contribution is -0.120. The van der Waals surface area contributed by atoms with E-state index in [9.17, 15) is 9.59 Å². The molecule has 0 aliphatic heterocycles. The standard InChI is InChI=1S/C14H17N3O2/c1-17(9-2-5-11(18)6-3-9)10-4-7-12-13(8-10)16-14(19)15-12/h4,7-9H,2-3,5-6H2,1H3,(H2,15,16,19). The molecule has 0 amide bonds. The van der Waals surface area contributed by atoms with E-state index >= 15 is 0 Å². The summed E-state index contributed by atoms with van der Waals surface area (Å²) < 4.78 is 0. The summed E-state index contributed by atoms with van der Waals surface area (Å²) in [6.07, 6.45) is 3.19. The Kier molecular flexibility index (Phi) is 2.89. The van der Waals surface area contributed by atoms with Crippen molar-refractivity contribution in [1.29, 1.82) is 0 Å². The maximum atomic E-state index is 11.3. The number of rotatable bonds is 2. The number of imidazole rings is 1. The number of fused-ring (bicyclic) bond motifs is 1. The Bertz CT molecular complexity index is 661. The van der Waals surface area contributed by atoms with Gasteiger partial charge in [-0.15, -0.1) is 0 Å². The molecule has 0 radical (unpaired) electrons. The van der Waals surface area contributed by atoms with Crippen LogP contribution in [0.3, 0.4) is 0 Å². The second kappa shape index (κ2) is 4.57. The Balaban J connectivity index is 1.86. The molecule has 1 aliphatic carbocycles. The summed E-state index contributed by atoms with van der Waals surface area (Å²) in [4.78, 5) is 30.2. The highest BCUT2D eigenvalue weighted by Crippen LogP contribution is 2.26. The number of hydrogen-bond acceptors (Lipinski definition) is 3. The Hall–Kier alpha value is -2.04. The van der Waals surface area contributed by atoms with E-state index in [4.69, 9.17) is 0 Å². The topological polar surface area (TPSA) is 69.0 Å². The third-order valence-electron chi connectivity index (χ3n) is 3.97. The van der Waals surface area contributed by atoms with Gasteiger partial charge in [-0.3, -0.25) is 4.79 Å². The average Bonchev–Trinajstić information content (AvgIpc) is 2.77. The van der Waals surface area contributed by atoms with Crippen LogP contribution in [0.15, 0.2) is 23.0 Å². The fourth-order valence-electron chi connectivity index (χ4n) is 2.76. The van der Waals surface area contributed by atoms with Gasteiger partial charge in [0, 0.05) is 31.6 Å². The molecule has 3 rings (SSSR count). The molecule has 1 aromatic carbocycles. The summed E-state index contributed by atoms with van der Waals surface area (Å²) in [5.41, 5.74) is 2.53. The van der Waals surface area contributed by atoms with Crippen molar-refractivity contribution in [2.45, 2.75) is 31.7 Å². The maximum absolute atomic E-state index is 11.3. The second-order valence-corrected chi connectivity index (χ2v) is 5.19. The Morgan fingerprint density at radius 3 is 2.53 bits per heavy atom. The zero-order chi connectivity index (χ0) is 13.4. The number of nitrogens with zero attached hydrogens (tertiary/aromatic N) is 1. The van der Waals surface area contributed by atoms with Crippen LogP contribution in [0.4, 0.5) is 5.69 Å². The highest BCUT2D eigenvalue weighted by atomic mass is 16.1. The van der Waals surface area contributed by atoms with Crippen LogP contribution in [0, 0.1) is 0 Å². The molecule has 1 aliphatic rings. The van der Waals surface area contributed by atoms with Crippen molar-refractivity contribution in [3.8, 4) is 0 Å². The number of benzene rings is 1. The number of aromatic nitrogens is 2. The number of Topliss-reactive ketones (excluding diaryl/α,β-unsaturated/α-hetero) is 1. The van der Waals surface area contributed by atoms with E-state index in [0.29, 0.717) is 24.7 Å². The highest BCUT2D eigenvalue weighted by molar-refractivity contribution is 5.80. The molecule has 2 N–H and O–H groups in total. The third-order valence-corrected chi connectivity index (χ3v) is 3.97. The van der Waals surface area contributed by atoms with E-state index < -0.39 is 0 Å². The van der Waals surface area contributed by atoms with Gasteiger partial charge in [0.2, 0.25) is 0 Å². The lowest BCUT2D eigenvalue weighted by atomic mass is 9.93. The van der Waals surface area contributed by atoms with Crippen LogP contribution in [0.5, 0.6) is 0 Å². The molecule has 0 unspecified atom stereocenters. The van der Waals surface area contributed by atoms with E-state index in [0.717, 1.165) is 29.6 Å². The number of carbonyl (C=O) groups is 1. The Morgan fingerprint density at radius 1 is 1.11 bits per heavy atom. The van der Waals surface area contributed by atoms with Gasteiger partial charge in [0.1, 0.15) is 5.78 Å². The summed E-state index contributed by atoms with van der Waals surface area (Å²) >= 11 is 0. The van der Waals surface area contributed by atoms with Crippen LogP contribution in [0.2, 0.25) is 0 Å². The van der Waals surface area contributed by atoms with Gasteiger partial charge in [-0.05, 0) is 31.0 Å². The summed E-state index contributed by atoms with van der Waals surface area (Å²) in [7, 11) is 2.05. The number of anilines is 1. The van der Waals surface area contributed by atoms with Crippen molar-refractivity contribution in [2.75, 3.05) is 11.9 Å². The first-order chi connectivity index (χ1) is 9.13. The first-order valence-electron chi connectivity index (χ1n) is 6.60. The molecule has 5 nitrogen and oxygen atoms in total. The molecular weight excluding hydrogens is 242 g/mol. The summed E-state index contributed by atoms with van der Waals surface area (Å²) in [6, 6.07) is 6.29. The third kappa shape index (κ3) is 2.28. The molecule has 2 aromatic rings. The number of carbonyl (C=O) groups excluding carboxylic acids is 1. The summed E-state index contributed by atoms with van der Waals surface area (Å²) in [5.74, 6) is 0.370. The van der Waals surface area contributed by atoms with Gasteiger partial charge in [-0.2, -0.15) is 0 Å². The molecule has 1 aromatic heterocycles. The lowest BCUT2D eigenvalue weighted by Gasteiger charge is -2.32. The Labute approximate surface area is 110 Å². The summed E-state index contributed by atoms with van der Waals surface area (Å²) in [5, 5.41) is 0.